The molecular weight excluding hydrogens is 335 g/mol. The summed E-state index contributed by atoms with van der Waals surface area (Å²) in [7, 11) is -2.12. The number of nitrogens with two attached hydrogens (primary N) is 1. The summed E-state index contributed by atoms with van der Waals surface area (Å²) in [6.45, 7) is 0. The smallest absolute Gasteiger partial charge is 0.238 e. The molecule has 0 aliphatic rings. The number of halogens is 1. The van der Waals surface area contributed by atoms with Crippen LogP contribution in [0.25, 0.3) is 11.3 Å². The van der Waals surface area contributed by atoms with Crippen molar-refractivity contribution in [2.45, 2.75) is 4.90 Å². The van der Waals surface area contributed by atoms with E-state index >= 15 is 0 Å². The molecule has 2 aromatic heterocycles. The maximum Gasteiger partial charge on any atom is 0.238 e. The largest absolute Gasteiger partial charge is 0.324 e. The molecule has 0 fully saturated rings. The number of hydrogen-bond donors (Lipinski definition) is 2. The minimum Gasteiger partial charge on any atom is -0.324 e. The first-order chi connectivity index (χ1) is 11.3. The van der Waals surface area contributed by atoms with Crippen molar-refractivity contribution >= 4 is 21.7 Å². The normalized spacial score (nSPS) is 11.5. The van der Waals surface area contributed by atoms with Crippen LogP contribution in [0.15, 0.2) is 47.8 Å². The lowest BCUT2D eigenvalue weighted by Crippen LogP contribution is -2.12. The van der Waals surface area contributed by atoms with Crippen LogP contribution < -0.4 is 10.5 Å². The third kappa shape index (κ3) is 3.39. The number of aryl methyl sites for hydroxylation is 1. The topological polar surface area (TPSA) is 116 Å². The van der Waals surface area contributed by atoms with Crippen LogP contribution >= 0.6 is 0 Å². The molecule has 0 bridgehead atoms. The van der Waals surface area contributed by atoms with Gasteiger partial charge in [-0.15, -0.1) is 0 Å². The van der Waals surface area contributed by atoms with Crippen molar-refractivity contribution < 1.29 is 12.8 Å². The van der Waals surface area contributed by atoms with Crippen LogP contribution in [-0.2, 0) is 17.1 Å². The highest BCUT2D eigenvalue weighted by molar-refractivity contribution is 7.89. The second-order valence-electron chi connectivity index (χ2n) is 4.99. The van der Waals surface area contributed by atoms with Crippen molar-refractivity contribution in [2.24, 2.45) is 12.2 Å². The number of anilines is 2. The Kier molecular flexibility index (Phi) is 3.99. The lowest BCUT2D eigenvalue weighted by atomic mass is 10.2. The van der Waals surface area contributed by atoms with Crippen molar-refractivity contribution in [1.82, 2.24) is 19.7 Å². The van der Waals surface area contributed by atoms with Gasteiger partial charge in [0.2, 0.25) is 16.0 Å². The zero-order chi connectivity index (χ0) is 17.3. The fourth-order valence-corrected chi connectivity index (χ4v) is 2.61. The third-order valence-corrected chi connectivity index (χ3v) is 4.05. The summed E-state index contributed by atoms with van der Waals surface area (Å²) in [5, 5.41) is 11.9. The first kappa shape index (κ1) is 16.0. The SMILES string of the molecule is Cn1cc(-c2nc(Nc3cccc(S(N)(=O)=O)c3)ncc2F)cn1. The lowest BCUT2D eigenvalue weighted by Gasteiger charge is -2.07. The monoisotopic (exact) mass is 348 g/mol. The Labute approximate surface area is 137 Å². The van der Waals surface area contributed by atoms with Crippen LogP contribution in [-0.4, -0.2) is 28.2 Å². The van der Waals surface area contributed by atoms with Crippen LogP contribution in [0.2, 0.25) is 0 Å². The molecule has 3 N–H and O–H groups in total. The van der Waals surface area contributed by atoms with Crippen LogP contribution in [0.4, 0.5) is 16.0 Å². The highest BCUT2D eigenvalue weighted by Crippen LogP contribution is 2.22. The maximum atomic E-state index is 13.9. The van der Waals surface area contributed by atoms with Gasteiger partial charge in [-0.1, -0.05) is 6.07 Å². The molecule has 24 heavy (non-hydrogen) atoms. The van der Waals surface area contributed by atoms with E-state index in [0.717, 1.165) is 6.20 Å². The minimum absolute atomic E-state index is 0.0536. The number of nitrogens with one attached hydrogen (secondary N) is 1. The van der Waals surface area contributed by atoms with Gasteiger partial charge in [-0.05, 0) is 18.2 Å². The summed E-state index contributed by atoms with van der Waals surface area (Å²) >= 11 is 0. The predicted molar refractivity (Wildman–Crippen MR) is 85.3 cm³/mol. The molecule has 10 heteroatoms. The highest BCUT2D eigenvalue weighted by Gasteiger charge is 2.12. The molecule has 0 atom stereocenters. The summed E-state index contributed by atoms with van der Waals surface area (Å²) in [5.41, 5.74) is 0.993. The molecule has 1 aromatic carbocycles. The Bertz CT molecular complexity index is 1000. The molecule has 0 unspecified atom stereocenters. The second-order valence-corrected chi connectivity index (χ2v) is 6.55. The number of primary sulfonamides is 1. The van der Waals surface area contributed by atoms with Crippen molar-refractivity contribution in [3.63, 3.8) is 0 Å². The van der Waals surface area contributed by atoms with Gasteiger partial charge in [-0.25, -0.2) is 27.9 Å². The summed E-state index contributed by atoms with van der Waals surface area (Å²) < 4.78 is 38.2. The summed E-state index contributed by atoms with van der Waals surface area (Å²) in [6, 6.07) is 5.84. The van der Waals surface area contributed by atoms with Crippen LogP contribution in [0.1, 0.15) is 0 Å². The fraction of sp³-hybridized carbons (Fsp3) is 0.0714. The standard InChI is InChI=1S/C14H13FN6O2S/c1-21-8-9(6-18-21)13-12(15)7-17-14(20-13)19-10-3-2-4-11(5-10)24(16,22)23/h2-8H,1H3,(H2,16,22,23)(H,17,19,20). The van der Waals surface area contributed by atoms with Crippen molar-refractivity contribution in [1.29, 1.82) is 0 Å². The number of aromatic nitrogens is 4. The van der Waals surface area contributed by atoms with Crippen LogP contribution in [0.5, 0.6) is 0 Å². The van der Waals surface area contributed by atoms with E-state index in [1.807, 2.05) is 0 Å². The molecular formula is C14H13FN6O2S. The molecule has 0 saturated carbocycles. The zero-order valence-electron chi connectivity index (χ0n) is 12.5. The Balaban J connectivity index is 1.94. The van der Waals surface area contributed by atoms with Gasteiger partial charge >= 0.3 is 0 Å². The molecule has 3 rings (SSSR count). The first-order valence-electron chi connectivity index (χ1n) is 6.74. The molecule has 0 aliphatic carbocycles. The van der Waals surface area contributed by atoms with Crippen LogP contribution in [0.3, 0.4) is 0 Å². The van der Waals surface area contributed by atoms with Gasteiger partial charge in [0.15, 0.2) is 5.82 Å². The van der Waals surface area contributed by atoms with Gasteiger partial charge in [0.1, 0.15) is 5.69 Å². The van der Waals surface area contributed by atoms with Gasteiger partial charge in [0.05, 0.1) is 17.3 Å². The van der Waals surface area contributed by atoms with Crippen molar-refractivity contribution in [3.8, 4) is 11.3 Å². The Hall–Kier alpha value is -2.85. The molecule has 0 spiro atoms. The van der Waals surface area contributed by atoms with E-state index in [0.29, 0.717) is 11.3 Å². The number of benzene rings is 1. The number of rotatable bonds is 4. The van der Waals surface area contributed by atoms with E-state index in [4.69, 9.17) is 5.14 Å². The van der Waals surface area contributed by atoms with E-state index < -0.39 is 15.8 Å². The molecule has 8 nitrogen and oxygen atoms in total. The summed E-state index contributed by atoms with van der Waals surface area (Å²) in [5.74, 6) is -0.478. The Morgan fingerprint density at radius 3 is 2.75 bits per heavy atom. The molecule has 2 heterocycles. The maximum absolute atomic E-state index is 13.9. The Morgan fingerprint density at radius 1 is 1.29 bits per heavy atom. The van der Waals surface area contributed by atoms with Gasteiger partial charge in [-0.2, -0.15) is 5.10 Å². The zero-order valence-corrected chi connectivity index (χ0v) is 13.3. The quantitative estimate of drug-likeness (QED) is 0.736. The summed E-state index contributed by atoms with van der Waals surface area (Å²) in [6.07, 6.45) is 4.13. The molecule has 0 amide bonds. The predicted octanol–water partition coefficient (Wildman–Crippen LogP) is 1.41. The van der Waals surface area contributed by atoms with E-state index in [1.165, 1.54) is 29.1 Å². The molecule has 124 valence electrons. The number of hydrogen-bond acceptors (Lipinski definition) is 6. The minimum atomic E-state index is -3.82. The number of sulfonamides is 1. The average Bonchev–Trinajstić information content (AvgIpc) is 2.95. The van der Waals surface area contributed by atoms with Crippen molar-refractivity contribution in [2.75, 3.05) is 5.32 Å². The van der Waals surface area contributed by atoms with Gasteiger partial charge in [0, 0.05) is 24.5 Å². The lowest BCUT2D eigenvalue weighted by molar-refractivity contribution is 0.598. The van der Waals surface area contributed by atoms with Gasteiger partial charge in [-0.3, -0.25) is 4.68 Å². The van der Waals surface area contributed by atoms with E-state index in [2.05, 4.69) is 20.4 Å². The van der Waals surface area contributed by atoms with Crippen LogP contribution in [0, 0.1) is 5.82 Å². The average molecular weight is 348 g/mol. The number of nitrogens with zero attached hydrogens (tertiary/aromatic N) is 4. The molecule has 0 saturated heterocycles. The fourth-order valence-electron chi connectivity index (χ4n) is 2.05. The molecule has 0 aliphatic heterocycles. The van der Waals surface area contributed by atoms with E-state index in [1.54, 1.807) is 19.3 Å². The molecule has 0 radical (unpaired) electrons. The van der Waals surface area contributed by atoms with Gasteiger partial charge in [0.25, 0.3) is 0 Å². The summed E-state index contributed by atoms with van der Waals surface area (Å²) in [4.78, 5) is 7.91. The third-order valence-electron chi connectivity index (χ3n) is 3.14. The molecule has 3 aromatic rings. The van der Waals surface area contributed by atoms with Gasteiger partial charge < -0.3 is 5.32 Å². The second kappa shape index (κ2) is 5.98. The van der Waals surface area contributed by atoms with E-state index in [9.17, 15) is 12.8 Å². The Morgan fingerprint density at radius 2 is 2.08 bits per heavy atom. The highest BCUT2D eigenvalue weighted by atomic mass is 32.2. The first-order valence-corrected chi connectivity index (χ1v) is 8.29. The van der Waals surface area contributed by atoms with Crippen molar-refractivity contribution in [3.05, 3.63) is 48.7 Å². The van der Waals surface area contributed by atoms with E-state index in [-0.39, 0.29) is 16.5 Å².